The first-order chi connectivity index (χ1) is 7.20. The Morgan fingerprint density at radius 3 is 2.93 bits per heavy atom. The summed E-state index contributed by atoms with van der Waals surface area (Å²) >= 11 is 1.42. The summed E-state index contributed by atoms with van der Waals surface area (Å²) in [6, 6.07) is 6.22. The van der Waals surface area contributed by atoms with Crippen LogP contribution >= 0.6 is 11.8 Å². The van der Waals surface area contributed by atoms with Gasteiger partial charge in [0.15, 0.2) is 17.1 Å². The van der Waals surface area contributed by atoms with Gasteiger partial charge in [0.05, 0.1) is 0 Å². The number of nitrogens with zero attached hydrogens (tertiary/aromatic N) is 1. The third-order valence-electron chi connectivity index (χ3n) is 2.22. The topological polar surface area (TPSA) is 53.8 Å². The van der Waals surface area contributed by atoms with Crippen LogP contribution in [0.15, 0.2) is 24.4 Å². The molecule has 0 saturated heterocycles. The molecule has 0 amide bonds. The van der Waals surface area contributed by atoms with Crippen molar-refractivity contribution in [1.29, 1.82) is 5.41 Å². The Hall–Kier alpha value is -1.03. The van der Waals surface area contributed by atoms with Gasteiger partial charge in [0.1, 0.15) is 6.54 Å². The molecule has 1 heterocycles. The van der Waals surface area contributed by atoms with Crippen molar-refractivity contribution in [2.75, 3.05) is 5.75 Å². The minimum absolute atomic E-state index is 0.221. The van der Waals surface area contributed by atoms with Gasteiger partial charge >= 0.3 is 0 Å². The van der Waals surface area contributed by atoms with Crippen LogP contribution in [0, 0.1) is 12.3 Å². The van der Waals surface area contributed by atoms with Crippen molar-refractivity contribution < 1.29 is 4.57 Å². The number of aryl methyl sites for hydroxylation is 2. The molecule has 0 unspecified atom stereocenters. The molecule has 1 aromatic rings. The van der Waals surface area contributed by atoms with Crippen molar-refractivity contribution in [2.45, 2.75) is 26.3 Å². The molecule has 0 aromatic carbocycles. The highest BCUT2D eigenvalue weighted by Gasteiger charge is 2.03. The van der Waals surface area contributed by atoms with Crippen LogP contribution in [0.5, 0.6) is 0 Å². The number of hydrogen-bond donors (Lipinski definition) is 2. The molecule has 0 aliphatic carbocycles. The number of aromatic nitrogens is 1. The van der Waals surface area contributed by atoms with Crippen LogP contribution in [0.3, 0.4) is 0 Å². The molecule has 0 aliphatic heterocycles. The van der Waals surface area contributed by atoms with E-state index >= 15 is 0 Å². The number of amidine groups is 1. The summed E-state index contributed by atoms with van der Waals surface area (Å²) in [5.41, 5.74) is 6.54. The first-order valence-electron chi connectivity index (χ1n) is 5.12. The van der Waals surface area contributed by atoms with E-state index in [9.17, 15) is 0 Å². The molecule has 0 aliphatic rings. The van der Waals surface area contributed by atoms with Gasteiger partial charge < -0.3 is 5.73 Å². The highest BCUT2D eigenvalue weighted by atomic mass is 32.2. The fraction of sp³-hybridized carbons (Fsp3) is 0.455. The fourth-order valence-corrected chi connectivity index (χ4v) is 1.95. The van der Waals surface area contributed by atoms with E-state index in [1.165, 1.54) is 17.5 Å². The number of unbranched alkanes of at least 4 members (excludes halogenated alkanes) is 1. The molecule has 3 N–H and O–H groups in total. The van der Waals surface area contributed by atoms with Gasteiger partial charge in [0.2, 0.25) is 0 Å². The third kappa shape index (κ3) is 4.83. The predicted octanol–water partition coefficient (Wildman–Crippen LogP) is 1.69. The lowest BCUT2D eigenvalue weighted by Crippen LogP contribution is -2.36. The second-order valence-corrected chi connectivity index (χ2v) is 4.59. The molecular formula is C11H18N3S+. The fourth-order valence-electron chi connectivity index (χ4n) is 1.38. The van der Waals surface area contributed by atoms with Crippen molar-refractivity contribution >= 4 is 16.9 Å². The normalized spacial score (nSPS) is 10.2. The zero-order valence-electron chi connectivity index (χ0n) is 9.07. The van der Waals surface area contributed by atoms with Crippen molar-refractivity contribution in [2.24, 2.45) is 5.73 Å². The van der Waals surface area contributed by atoms with Crippen LogP contribution in [0.4, 0.5) is 0 Å². The van der Waals surface area contributed by atoms with Gasteiger partial charge in [-0.1, -0.05) is 17.8 Å². The lowest BCUT2D eigenvalue weighted by atomic mass is 10.3. The Morgan fingerprint density at radius 2 is 2.27 bits per heavy atom. The number of pyridine rings is 1. The van der Waals surface area contributed by atoms with E-state index in [1.807, 2.05) is 0 Å². The van der Waals surface area contributed by atoms with Crippen LogP contribution < -0.4 is 10.3 Å². The SMILES string of the molecule is Cc1cccc[n+]1CCCCSC(=N)N. The molecule has 0 bridgehead atoms. The Bertz CT molecular complexity index is 325. The van der Waals surface area contributed by atoms with Gasteiger partial charge in [0.25, 0.3) is 0 Å². The number of hydrogen-bond acceptors (Lipinski definition) is 2. The number of thioether (sulfide) groups is 1. The van der Waals surface area contributed by atoms with Crippen LogP contribution in [0.25, 0.3) is 0 Å². The molecule has 0 radical (unpaired) electrons. The first-order valence-corrected chi connectivity index (χ1v) is 6.10. The van der Waals surface area contributed by atoms with Crippen LogP contribution in [0.2, 0.25) is 0 Å². The Kier molecular flexibility index (Phi) is 5.18. The largest absolute Gasteiger partial charge is 0.379 e. The smallest absolute Gasteiger partial charge is 0.178 e. The van der Waals surface area contributed by atoms with Crippen molar-refractivity contribution in [3.05, 3.63) is 30.1 Å². The van der Waals surface area contributed by atoms with Crippen molar-refractivity contribution in [1.82, 2.24) is 0 Å². The molecule has 3 nitrogen and oxygen atoms in total. The zero-order chi connectivity index (χ0) is 11.1. The van der Waals surface area contributed by atoms with E-state index in [4.69, 9.17) is 11.1 Å². The lowest BCUT2D eigenvalue weighted by Gasteiger charge is -2.00. The number of nitrogens with one attached hydrogen (secondary N) is 1. The van der Waals surface area contributed by atoms with E-state index in [0.29, 0.717) is 0 Å². The summed E-state index contributed by atoms with van der Waals surface area (Å²) in [6.07, 6.45) is 4.34. The summed E-state index contributed by atoms with van der Waals surface area (Å²) in [4.78, 5) is 0. The van der Waals surface area contributed by atoms with Crippen molar-refractivity contribution in [3.63, 3.8) is 0 Å². The van der Waals surface area contributed by atoms with Crippen LogP contribution in [-0.2, 0) is 6.54 Å². The van der Waals surface area contributed by atoms with E-state index in [1.54, 1.807) is 0 Å². The van der Waals surface area contributed by atoms with Crippen LogP contribution in [-0.4, -0.2) is 10.9 Å². The summed E-state index contributed by atoms with van der Waals surface area (Å²) in [6.45, 7) is 3.16. The average molecular weight is 224 g/mol. The second-order valence-electron chi connectivity index (χ2n) is 3.46. The zero-order valence-corrected chi connectivity index (χ0v) is 9.89. The quantitative estimate of drug-likeness (QED) is 0.346. The van der Waals surface area contributed by atoms with Gasteiger partial charge in [-0.15, -0.1) is 0 Å². The highest BCUT2D eigenvalue weighted by molar-refractivity contribution is 8.13. The monoisotopic (exact) mass is 224 g/mol. The summed E-state index contributed by atoms with van der Waals surface area (Å²) < 4.78 is 2.25. The average Bonchev–Trinajstić information content (AvgIpc) is 2.20. The number of nitrogens with two attached hydrogens (primary N) is 1. The van der Waals surface area contributed by atoms with E-state index in [-0.39, 0.29) is 5.17 Å². The molecule has 0 fully saturated rings. The molecule has 82 valence electrons. The Morgan fingerprint density at radius 1 is 1.47 bits per heavy atom. The number of rotatable bonds is 5. The molecule has 4 heteroatoms. The van der Waals surface area contributed by atoms with Gasteiger partial charge in [0, 0.05) is 31.2 Å². The standard InChI is InChI=1S/C11H18N3S/c1-10-6-2-3-7-14(10)8-4-5-9-15-11(12)13/h2-3,6-7H,4-5,8-9H2,1H3,(H3,12,13)/q+1. The molecular weight excluding hydrogens is 206 g/mol. The maximum Gasteiger partial charge on any atom is 0.178 e. The van der Waals surface area contributed by atoms with E-state index in [0.717, 1.165) is 25.1 Å². The minimum atomic E-state index is 0.221. The van der Waals surface area contributed by atoms with E-state index in [2.05, 4.69) is 35.9 Å². The summed E-state index contributed by atoms with van der Waals surface area (Å²) in [5, 5.41) is 7.28. The van der Waals surface area contributed by atoms with Gasteiger partial charge in [-0.25, -0.2) is 4.57 Å². The minimum Gasteiger partial charge on any atom is -0.379 e. The lowest BCUT2D eigenvalue weighted by molar-refractivity contribution is -0.703. The summed E-state index contributed by atoms with van der Waals surface area (Å²) in [5.74, 6) is 0.946. The van der Waals surface area contributed by atoms with E-state index < -0.39 is 0 Å². The maximum absolute atomic E-state index is 7.06. The summed E-state index contributed by atoms with van der Waals surface area (Å²) in [7, 11) is 0. The molecule has 0 atom stereocenters. The molecule has 0 saturated carbocycles. The highest BCUT2D eigenvalue weighted by Crippen LogP contribution is 2.03. The van der Waals surface area contributed by atoms with Gasteiger partial charge in [-0.05, 0) is 6.42 Å². The molecule has 0 spiro atoms. The predicted molar refractivity (Wildman–Crippen MR) is 65.0 cm³/mol. The maximum atomic E-state index is 7.06. The second kappa shape index (κ2) is 6.45. The third-order valence-corrected chi connectivity index (χ3v) is 3.02. The van der Waals surface area contributed by atoms with Gasteiger partial charge in [-0.3, -0.25) is 5.41 Å². The Balaban J connectivity index is 2.21. The Labute approximate surface area is 95.2 Å². The van der Waals surface area contributed by atoms with Crippen LogP contribution in [0.1, 0.15) is 18.5 Å². The molecule has 1 aromatic heterocycles. The molecule has 15 heavy (non-hydrogen) atoms. The first kappa shape index (κ1) is 12.0. The molecule has 1 rings (SSSR count). The van der Waals surface area contributed by atoms with Gasteiger partial charge in [-0.2, -0.15) is 0 Å². The van der Waals surface area contributed by atoms with Crippen molar-refractivity contribution in [3.8, 4) is 0 Å².